The molecule has 1 spiro atoms. The van der Waals surface area contributed by atoms with Gasteiger partial charge in [0.05, 0.1) is 18.8 Å². The van der Waals surface area contributed by atoms with Gasteiger partial charge in [0.2, 0.25) is 0 Å². The number of ether oxygens (including phenoxy) is 2. The van der Waals surface area contributed by atoms with Crippen molar-refractivity contribution in [1.29, 1.82) is 0 Å². The maximum Gasteiger partial charge on any atom is 0.193 e. The van der Waals surface area contributed by atoms with E-state index in [1.807, 2.05) is 0 Å². The number of halogens is 2. The van der Waals surface area contributed by atoms with Gasteiger partial charge in [-0.2, -0.15) is 0 Å². The molecule has 1 aromatic rings. The summed E-state index contributed by atoms with van der Waals surface area (Å²) in [5.41, 5.74) is 5.70. The fourth-order valence-electron chi connectivity index (χ4n) is 3.14. The van der Waals surface area contributed by atoms with Crippen LogP contribution in [0.1, 0.15) is 32.6 Å². The van der Waals surface area contributed by atoms with Gasteiger partial charge in [-0.1, -0.05) is 6.92 Å². The number of nitrogens with zero attached hydrogens (tertiary/aromatic N) is 1. The zero-order valence-corrected chi connectivity index (χ0v) is 13.7. The van der Waals surface area contributed by atoms with Crippen LogP contribution in [0.2, 0.25) is 0 Å². The Balaban J connectivity index is 1.53. The van der Waals surface area contributed by atoms with Crippen molar-refractivity contribution in [1.82, 2.24) is 0 Å². The molecule has 0 amide bonds. The molecular formula is C17H23F2N3O2. The Kier molecular flexibility index (Phi) is 5.01. The number of nitrogens with two attached hydrogens (primary N) is 1. The van der Waals surface area contributed by atoms with Gasteiger partial charge in [-0.25, -0.2) is 8.78 Å². The molecule has 1 aromatic carbocycles. The van der Waals surface area contributed by atoms with E-state index < -0.39 is 17.4 Å². The summed E-state index contributed by atoms with van der Waals surface area (Å²) in [6, 6.07) is 3.11. The highest BCUT2D eigenvalue weighted by molar-refractivity contribution is 5.92. The quantitative estimate of drug-likeness (QED) is 0.656. The highest BCUT2D eigenvalue weighted by Gasteiger charge is 2.43. The molecule has 0 aromatic heterocycles. The Bertz CT molecular complexity index is 616. The fraction of sp³-hybridized carbons (Fsp3) is 0.588. The number of rotatable bonds is 3. The maximum atomic E-state index is 13.6. The minimum Gasteiger partial charge on any atom is -0.370 e. The summed E-state index contributed by atoms with van der Waals surface area (Å²) in [6.45, 7) is 3.02. The Morgan fingerprint density at radius 2 is 2.12 bits per heavy atom. The molecule has 3 N–H and O–H groups in total. The largest absolute Gasteiger partial charge is 0.370 e. The van der Waals surface area contributed by atoms with Crippen LogP contribution in [0.4, 0.5) is 14.5 Å². The van der Waals surface area contributed by atoms with Crippen LogP contribution in [0.25, 0.3) is 0 Å². The number of benzene rings is 1. The van der Waals surface area contributed by atoms with Crippen molar-refractivity contribution in [3.8, 4) is 0 Å². The van der Waals surface area contributed by atoms with Crippen LogP contribution in [0, 0.1) is 17.6 Å². The molecule has 7 heteroatoms. The third kappa shape index (κ3) is 4.02. The lowest BCUT2D eigenvalue weighted by molar-refractivity contribution is -0.190. The van der Waals surface area contributed by atoms with E-state index in [2.05, 4.69) is 17.2 Å². The molecule has 1 heterocycles. The van der Waals surface area contributed by atoms with E-state index in [4.69, 9.17) is 15.2 Å². The van der Waals surface area contributed by atoms with E-state index >= 15 is 0 Å². The van der Waals surface area contributed by atoms with Gasteiger partial charge >= 0.3 is 0 Å². The van der Waals surface area contributed by atoms with Crippen LogP contribution in [0.5, 0.6) is 0 Å². The van der Waals surface area contributed by atoms with Crippen molar-refractivity contribution in [2.24, 2.45) is 16.6 Å². The Morgan fingerprint density at radius 1 is 1.38 bits per heavy atom. The number of anilines is 1. The summed E-state index contributed by atoms with van der Waals surface area (Å²) in [6.07, 6.45) is 3.82. The van der Waals surface area contributed by atoms with Gasteiger partial charge in [-0.05, 0) is 30.9 Å². The number of guanidine groups is 1. The predicted molar refractivity (Wildman–Crippen MR) is 87.7 cm³/mol. The molecular weight excluding hydrogens is 316 g/mol. The molecule has 2 aliphatic rings. The van der Waals surface area contributed by atoms with Crippen LogP contribution >= 0.6 is 0 Å². The topological polar surface area (TPSA) is 68.9 Å². The van der Waals surface area contributed by atoms with E-state index in [9.17, 15) is 8.78 Å². The van der Waals surface area contributed by atoms with Crippen LogP contribution in [-0.2, 0) is 9.47 Å². The highest BCUT2D eigenvalue weighted by Crippen LogP contribution is 2.39. The van der Waals surface area contributed by atoms with Crippen LogP contribution < -0.4 is 11.1 Å². The van der Waals surface area contributed by atoms with E-state index in [1.54, 1.807) is 0 Å². The second-order valence-electron chi connectivity index (χ2n) is 6.62. The van der Waals surface area contributed by atoms with Crippen LogP contribution in [-0.4, -0.2) is 31.0 Å². The molecule has 132 valence electrons. The molecule has 1 atom stereocenters. The first kappa shape index (κ1) is 17.1. The molecule has 1 aliphatic carbocycles. The van der Waals surface area contributed by atoms with Crippen molar-refractivity contribution in [2.75, 3.05) is 18.5 Å². The average Bonchev–Trinajstić information content (AvgIpc) is 2.95. The number of hydrogen-bond acceptors (Lipinski definition) is 3. The summed E-state index contributed by atoms with van der Waals surface area (Å²) in [4.78, 5) is 4.15. The van der Waals surface area contributed by atoms with Crippen LogP contribution in [0.3, 0.4) is 0 Å². The average molecular weight is 339 g/mol. The monoisotopic (exact) mass is 339 g/mol. The lowest BCUT2D eigenvalue weighted by atomic mass is 9.86. The molecule has 24 heavy (non-hydrogen) atoms. The summed E-state index contributed by atoms with van der Waals surface area (Å²) < 4.78 is 38.6. The maximum absolute atomic E-state index is 13.6. The minimum absolute atomic E-state index is 0.0151. The number of nitrogens with one attached hydrogen (secondary N) is 1. The molecule has 0 bridgehead atoms. The van der Waals surface area contributed by atoms with Gasteiger partial charge in [0.15, 0.2) is 11.7 Å². The molecule has 5 nitrogen and oxygen atoms in total. The van der Waals surface area contributed by atoms with Gasteiger partial charge in [0.1, 0.15) is 17.7 Å². The lowest BCUT2D eigenvalue weighted by Crippen LogP contribution is -2.35. The molecule has 1 unspecified atom stereocenters. The fourth-order valence-corrected chi connectivity index (χ4v) is 3.14. The van der Waals surface area contributed by atoms with Crippen molar-refractivity contribution < 1.29 is 18.3 Å². The SMILES string of the molecule is CC1CCC2(CC1)OCC(CN=C(N)Nc1cc(F)ccc1F)O2. The third-order valence-electron chi connectivity index (χ3n) is 4.61. The summed E-state index contributed by atoms with van der Waals surface area (Å²) in [5, 5.41) is 2.57. The van der Waals surface area contributed by atoms with E-state index in [-0.39, 0.29) is 17.8 Å². The molecule has 1 saturated carbocycles. The number of aliphatic imine (C=N–C) groups is 1. The van der Waals surface area contributed by atoms with Gasteiger partial charge < -0.3 is 20.5 Å². The Hall–Kier alpha value is -1.73. The normalized spacial score (nSPS) is 30.7. The molecule has 2 fully saturated rings. The zero-order valence-electron chi connectivity index (χ0n) is 13.7. The Morgan fingerprint density at radius 3 is 2.88 bits per heavy atom. The smallest absolute Gasteiger partial charge is 0.193 e. The van der Waals surface area contributed by atoms with Crippen molar-refractivity contribution >= 4 is 11.6 Å². The standard InChI is InChI=1S/C17H23F2N3O2/c1-11-4-6-17(7-5-11)23-10-13(24-17)9-21-16(20)22-15-8-12(18)2-3-14(15)19/h2-3,8,11,13H,4-7,9-10H2,1H3,(H3,20,21,22). The van der Waals surface area contributed by atoms with Crippen molar-refractivity contribution in [3.63, 3.8) is 0 Å². The second-order valence-corrected chi connectivity index (χ2v) is 6.62. The molecule has 1 saturated heterocycles. The second kappa shape index (κ2) is 7.03. The minimum atomic E-state index is -0.592. The predicted octanol–water partition coefficient (Wildman–Crippen LogP) is 3.01. The lowest BCUT2D eigenvalue weighted by Gasteiger charge is -2.34. The van der Waals surface area contributed by atoms with Gasteiger partial charge in [-0.3, -0.25) is 4.99 Å². The first-order chi connectivity index (χ1) is 11.5. The van der Waals surface area contributed by atoms with Gasteiger partial charge in [-0.15, -0.1) is 0 Å². The summed E-state index contributed by atoms with van der Waals surface area (Å²) in [7, 11) is 0. The Labute approximate surface area is 140 Å². The van der Waals surface area contributed by atoms with E-state index in [0.717, 1.165) is 43.9 Å². The summed E-state index contributed by atoms with van der Waals surface area (Å²) >= 11 is 0. The van der Waals surface area contributed by atoms with Crippen molar-refractivity contribution in [2.45, 2.75) is 44.5 Å². The zero-order chi connectivity index (χ0) is 17.2. The van der Waals surface area contributed by atoms with Gasteiger partial charge in [0, 0.05) is 18.9 Å². The molecule has 1 aliphatic heterocycles. The first-order valence-electron chi connectivity index (χ1n) is 8.29. The van der Waals surface area contributed by atoms with Crippen molar-refractivity contribution in [3.05, 3.63) is 29.8 Å². The van der Waals surface area contributed by atoms with E-state index in [1.165, 1.54) is 0 Å². The molecule has 0 radical (unpaired) electrons. The van der Waals surface area contributed by atoms with Crippen LogP contribution in [0.15, 0.2) is 23.2 Å². The highest BCUT2D eigenvalue weighted by atomic mass is 19.1. The first-order valence-corrected chi connectivity index (χ1v) is 8.29. The molecule has 3 rings (SSSR count). The third-order valence-corrected chi connectivity index (χ3v) is 4.61. The summed E-state index contributed by atoms with van der Waals surface area (Å²) in [5.74, 6) is -0.885. The van der Waals surface area contributed by atoms with Gasteiger partial charge in [0.25, 0.3) is 0 Å². The number of hydrogen-bond donors (Lipinski definition) is 2. The van der Waals surface area contributed by atoms with E-state index in [0.29, 0.717) is 19.1 Å².